The molecule has 2 rings (SSSR count). The number of benzene rings is 2. The molecule has 0 aliphatic rings. The fourth-order valence-electron chi connectivity index (χ4n) is 2.43. The minimum atomic E-state index is -0.793. The van der Waals surface area contributed by atoms with Crippen molar-refractivity contribution in [3.05, 3.63) is 59.1 Å². The van der Waals surface area contributed by atoms with E-state index in [0.29, 0.717) is 22.0 Å². The van der Waals surface area contributed by atoms with Gasteiger partial charge in [0.15, 0.2) is 0 Å². The number of halogens is 1. The van der Waals surface area contributed by atoms with Crippen molar-refractivity contribution < 1.29 is 19.1 Å². The van der Waals surface area contributed by atoms with Gasteiger partial charge in [0.25, 0.3) is 0 Å². The summed E-state index contributed by atoms with van der Waals surface area (Å²) in [5.74, 6) is -0.112. The van der Waals surface area contributed by atoms with Crippen molar-refractivity contribution in [2.45, 2.75) is 26.5 Å². The molecule has 0 unspecified atom stereocenters. The first kappa shape index (κ1) is 20.6. The number of carbonyl (C=O) groups excluding carboxylic acids is 2. The highest BCUT2D eigenvalue weighted by atomic mass is 35.5. The molecule has 0 fully saturated rings. The Bertz CT molecular complexity index is 781. The van der Waals surface area contributed by atoms with Crippen LogP contribution >= 0.6 is 11.6 Å². The van der Waals surface area contributed by atoms with E-state index in [1.165, 1.54) is 7.11 Å². The van der Waals surface area contributed by atoms with E-state index in [4.69, 9.17) is 21.1 Å². The van der Waals surface area contributed by atoms with Crippen molar-refractivity contribution in [1.82, 2.24) is 5.32 Å². The average molecular weight is 391 g/mol. The van der Waals surface area contributed by atoms with Gasteiger partial charge < -0.3 is 20.1 Å². The number of urea groups is 1. The highest BCUT2D eigenvalue weighted by molar-refractivity contribution is 6.30. The summed E-state index contributed by atoms with van der Waals surface area (Å²) in [6.45, 7) is 3.65. The first-order valence-corrected chi connectivity index (χ1v) is 8.90. The van der Waals surface area contributed by atoms with Gasteiger partial charge in [-0.2, -0.15) is 0 Å². The van der Waals surface area contributed by atoms with Crippen LogP contribution < -0.4 is 15.4 Å². The Hall–Kier alpha value is -2.73. The van der Waals surface area contributed by atoms with E-state index < -0.39 is 18.0 Å². The molecule has 27 heavy (non-hydrogen) atoms. The Morgan fingerprint density at radius 3 is 2.44 bits per heavy atom. The van der Waals surface area contributed by atoms with Gasteiger partial charge in [-0.25, -0.2) is 9.59 Å². The number of amides is 2. The van der Waals surface area contributed by atoms with Crippen LogP contribution in [0.2, 0.25) is 5.02 Å². The van der Waals surface area contributed by atoms with E-state index >= 15 is 0 Å². The topological polar surface area (TPSA) is 76.7 Å². The molecule has 0 aromatic heterocycles. The number of hydrogen-bond donors (Lipinski definition) is 2. The maximum atomic E-state index is 12.5. The average Bonchev–Trinajstić information content (AvgIpc) is 2.65. The zero-order valence-corrected chi connectivity index (χ0v) is 16.2. The summed E-state index contributed by atoms with van der Waals surface area (Å²) in [6, 6.07) is 12.8. The molecule has 144 valence electrons. The summed E-state index contributed by atoms with van der Waals surface area (Å²) in [7, 11) is 1.53. The van der Waals surface area contributed by atoms with Gasteiger partial charge in [-0.1, -0.05) is 43.6 Å². The molecule has 0 aliphatic carbocycles. The maximum absolute atomic E-state index is 12.5. The predicted octanol–water partition coefficient (Wildman–Crippen LogP) is 4.24. The van der Waals surface area contributed by atoms with Crippen LogP contribution in [0.4, 0.5) is 10.5 Å². The first-order valence-electron chi connectivity index (χ1n) is 8.52. The standard InChI is InChI=1S/C20H23ClN2O4/c1-13(2)18(23-20(25)22-16-7-5-4-6-8-16)19(24)27-12-14-11-15(21)9-10-17(14)26-3/h4-11,13,18H,12H2,1-3H3,(H2,22,23,25)/t18-/m0/s1. The van der Waals surface area contributed by atoms with Gasteiger partial charge in [0.1, 0.15) is 18.4 Å². The van der Waals surface area contributed by atoms with Crippen molar-refractivity contribution in [2.75, 3.05) is 12.4 Å². The SMILES string of the molecule is COc1ccc(Cl)cc1COC(=O)[C@@H](NC(=O)Nc1ccccc1)C(C)C. The Morgan fingerprint density at radius 1 is 1.11 bits per heavy atom. The van der Waals surface area contributed by atoms with Crippen LogP contribution in [0.1, 0.15) is 19.4 Å². The van der Waals surface area contributed by atoms with E-state index in [1.54, 1.807) is 30.3 Å². The fourth-order valence-corrected chi connectivity index (χ4v) is 2.62. The summed E-state index contributed by atoms with van der Waals surface area (Å²) in [4.78, 5) is 24.7. The normalized spacial score (nSPS) is 11.6. The number of ether oxygens (including phenoxy) is 2. The molecule has 0 radical (unpaired) electrons. The van der Waals surface area contributed by atoms with Gasteiger partial charge in [-0.05, 0) is 36.2 Å². The molecule has 0 saturated heterocycles. The van der Waals surface area contributed by atoms with Crippen molar-refractivity contribution in [3.63, 3.8) is 0 Å². The Labute approximate surface area is 163 Å². The maximum Gasteiger partial charge on any atom is 0.329 e. The highest BCUT2D eigenvalue weighted by Crippen LogP contribution is 2.23. The minimum absolute atomic E-state index is 0.00618. The van der Waals surface area contributed by atoms with E-state index in [9.17, 15) is 9.59 Å². The van der Waals surface area contributed by atoms with Crippen LogP contribution in [0.3, 0.4) is 0 Å². The van der Waals surface area contributed by atoms with Gasteiger partial charge in [0, 0.05) is 16.3 Å². The fraction of sp³-hybridized carbons (Fsp3) is 0.300. The quantitative estimate of drug-likeness (QED) is 0.693. The molecule has 6 nitrogen and oxygen atoms in total. The van der Waals surface area contributed by atoms with Gasteiger partial charge in [0.05, 0.1) is 7.11 Å². The zero-order valence-electron chi connectivity index (χ0n) is 15.5. The zero-order chi connectivity index (χ0) is 19.8. The molecule has 1 atom stereocenters. The Kier molecular flexibility index (Phi) is 7.49. The first-order chi connectivity index (χ1) is 12.9. The molecule has 0 spiro atoms. The second kappa shape index (κ2) is 9.83. The van der Waals surface area contributed by atoms with Crippen molar-refractivity contribution in [1.29, 1.82) is 0 Å². The lowest BCUT2D eigenvalue weighted by Gasteiger charge is -2.21. The largest absolute Gasteiger partial charge is 0.496 e. The second-order valence-electron chi connectivity index (χ2n) is 6.25. The third-order valence-electron chi connectivity index (χ3n) is 3.85. The Balaban J connectivity index is 1.98. The minimum Gasteiger partial charge on any atom is -0.496 e. The predicted molar refractivity (Wildman–Crippen MR) is 105 cm³/mol. The number of esters is 1. The second-order valence-corrected chi connectivity index (χ2v) is 6.69. The van der Waals surface area contributed by atoms with Gasteiger partial charge >= 0.3 is 12.0 Å². The molecule has 0 heterocycles. The van der Waals surface area contributed by atoms with Crippen molar-refractivity contribution in [2.24, 2.45) is 5.92 Å². The molecular formula is C20H23ClN2O4. The number of hydrogen-bond acceptors (Lipinski definition) is 4. The monoisotopic (exact) mass is 390 g/mol. The molecule has 0 aliphatic heterocycles. The lowest BCUT2D eigenvalue weighted by atomic mass is 10.1. The van der Waals surface area contributed by atoms with E-state index in [-0.39, 0.29) is 12.5 Å². The molecule has 2 amide bonds. The number of anilines is 1. The van der Waals surface area contributed by atoms with Crippen LogP contribution in [0.5, 0.6) is 5.75 Å². The lowest BCUT2D eigenvalue weighted by molar-refractivity contribution is -0.148. The highest BCUT2D eigenvalue weighted by Gasteiger charge is 2.26. The van der Waals surface area contributed by atoms with Crippen LogP contribution in [0, 0.1) is 5.92 Å². The summed E-state index contributed by atoms with van der Waals surface area (Å²) in [5, 5.41) is 5.86. The molecular weight excluding hydrogens is 368 g/mol. The molecule has 0 saturated carbocycles. The van der Waals surface area contributed by atoms with Gasteiger partial charge in [0.2, 0.25) is 0 Å². The molecule has 2 aromatic rings. The van der Waals surface area contributed by atoms with E-state index in [1.807, 2.05) is 32.0 Å². The van der Waals surface area contributed by atoms with Crippen molar-refractivity contribution in [3.8, 4) is 5.75 Å². The summed E-state index contributed by atoms with van der Waals surface area (Å²) in [6.07, 6.45) is 0. The molecule has 2 N–H and O–H groups in total. The molecule has 0 bridgehead atoms. The van der Waals surface area contributed by atoms with Crippen LogP contribution in [0.25, 0.3) is 0 Å². The van der Waals surface area contributed by atoms with E-state index in [0.717, 1.165) is 0 Å². The number of rotatable bonds is 7. The lowest BCUT2D eigenvalue weighted by Crippen LogP contribution is -2.47. The van der Waals surface area contributed by atoms with E-state index in [2.05, 4.69) is 10.6 Å². The summed E-state index contributed by atoms with van der Waals surface area (Å²) < 4.78 is 10.6. The van der Waals surface area contributed by atoms with Crippen LogP contribution in [-0.2, 0) is 16.1 Å². The number of methoxy groups -OCH3 is 1. The summed E-state index contributed by atoms with van der Waals surface area (Å²) >= 11 is 5.99. The third kappa shape index (κ3) is 6.18. The van der Waals surface area contributed by atoms with Crippen molar-refractivity contribution >= 4 is 29.3 Å². The smallest absolute Gasteiger partial charge is 0.329 e. The Morgan fingerprint density at radius 2 is 1.81 bits per heavy atom. The number of nitrogens with one attached hydrogen (secondary N) is 2. The van der Waals surface area contributed by atoms with Crippen LogP contribution in [-0.4, -0.2) is 25.2 Å². The van der Waals surface area contributed by atoms with Crippen LogP contribution in [0.15, 0.2) is 48.5 Å². The number of carbonyl (C=O) groups is 2. The molecule has 2 aromatic carbocycles. The molecule has 7 heteroatoms. The third-order valence-corrected chi connectivity index (χ3v) is 4.09. The number of para-hydroxylation sites is 1. The van der Waals surface area contributed by atoms with Gasteiger partial charge in [-0.15, -0.1) is 0 Å². The summed E-state index contributed by atoms with van der Waals surface area (Å²) in [5.41, 5.74) is 1.28. The van der Waals surface area contributed by atoms with Gasteiger partial charge in [-0.3, -0.25) is 0 Å².